The molecule has 0 aromatic heterocycles. The molecule has 31 heavy (non-hydrogen) atoms. The second-order valence-electron chi connectivity index (χ2n) is 7.45. The van der Waals surface area contributed by atoms with Crippen LogP contribution in [0.2, 0.25) is 5.02 Å². The Bertz CT molecular complexity index is 1040. The van der Waals surface area contributed by atoms with Crippen molar-refractivity contribution in [3.05, 3.63) is 53.1 Å². The van der Waals surface area contributed by atoms with Crippen LogP contribution in [0.25, 0.3) is 0 Å². The largest absolute Gasteiger partial charge is 0.496 e. The summed E-state index contributed by atoms with van der Waals surface area (Å²) in [7, 11) is -0.762. The van der Waals surface area contributed by atoms with Crippen molar-refractivity contribution in [1.82, 2.24) is 9.62 Å². The van der Waals surface area contributed by atoms with E-state index in [4.69, 9.17) is 21.1 Å². The summed E-state index contributed by atoms with van der Waals surface area (Å²) in [5, 5.41) is 3.35. The predicted molar refractivity (Wildman–Crippen MR) is 119 cm³/mol. The van der Waals surface area contributed by atoms with Gasteiger partial charge in [0, 0.05) is 29.6 Å². The fourth-order valence-electron chi connectivity index (χ4n) is 3.78. The molecule has 1 amide bonds. The monoisotopic (exact) mass is 466 g/mol. The lowest BCUT2D eigenvalue weighted by Crippen LogP contribution is -2.43. The van der Waals surface area contributed by atoms with E-state index in [1.54, 1.807) is 13.2 Å². The van der Waals surface area contributed by atoms with Crippen LogP contribution >= 0.6 is 11.6 Å². The van der Waals surface area contributed by atoms with Gasteiger partial charge in [0.15, 0.2) is 0 Å². The Morgan fingerprint density at radius 2 is 1.74 bits per heavy atom. The van der Waals surface area contributed by atoms with Crippen molar-refractivity contribution in [3.63, 3.8) is 0 Å². The SMILES string of the molecule is COc1ccccc1[C@H](C)NC(=O)C1CCN(S(=O)(=O)c2cc(Cl)ccc2OC)CC1. The molecule has 1 aliphatic heterocycles. The van der Waals surface area contributed by atoms with Crippen molar-refractivity contribution in [3.8, 4) is 11.5 Å². The summed E-state index contributed by atoms with van der Waals surface area (Å²) in [5.74, 6) is 0.613. The molecular weight excluding hydrogens is 440 g/mol. The first-order valence-corrected chi connectivity index (χ1v) is 11.9. The van der Waals surface area contributed by atoms with Crippen molar-refractivity contribution >= 4 is 27.5 Å². The summed E-state index contributed by atoms with van der Waals surface area (Å²) in [5.41, 5.74) is 0.895. The molecule has 9 heteroatoms. The predicted octanol–water partition coefficient (Wildman–Crippen LogP) is 3.64. The second kappa shape index (κ2) is 9.89. The Morgan fingerprint density at radius 3 is 2.39 bits per heavy atom. The number of amides is 1. The minimum absolute atomic E-state index is 0.0372. The van der Waals surface area contributed by atoms with Crippen LogP contribution in [0.3, 0.4) is 0 Å². The van der Waals surface area contributed by atoms with Crippen molar-refractivity contribution in [2.24, 2.45) is 5.92 Å². The lowest BCUT2D eigenvalue weighted by atomic mass is 9.96. The number of carbonyl (C=O) groups excluding carboxylic acids is 1. The number of nitrogens with zero attached hydrogens (tertiary/aromatic N) is 1. The van der Waals surface area contributed by atoms with Crippen molar-refractivity contribution < 1.29 is 22.7 Å². The molecule has 1 heterocycles. The first-order valence-electron chi connectivity index (χ1n) is 10.0. The maximum atomic E-state index is 13.1. The molecule has 3 rings (SSSR count). The number of benzene rings is 2. The Morgan fingerprint density at radius 1 is 1.10 bits per heavy atom. The Hall–Kier alpha value is -2.29. The van der Waals surface area contributed by atoms with E-state index in [1.165, 1.54) is 23.5 Å². The topological polar surface area (TPSA) is 84.9 Å². The Labute approximate surface area is 188 Å². The highest BCUT2D eigenvalue weighted by Gasteiger charge is 2.34. The van der Waals surface area contributed by atoms with Crippen molar-refractivity contribution in [1.29, 1.82) is 0 Å². The molecule has 0 aliphatic carbocycles. The number of halogens is 1. The number of piperidine rings is 1. The normalized spacial score (nSPS) is 16.5. The van der Waals surface area contributed by atoms with E-state index in [0.717, 1.165) is 5.56 Å². The quantitative estimate of drug-likeness (QED) is 0.673. The Balaban J connectivity index is 1.65. The van der Waals surface area contributed by atoms with Crippen molar-refractivity contribution in [2.75, 3.05) is 27.3 Å². The smallest absolute Gasteiger partial charge is 0.246 e. The molecule has 0 bridgehead atoms. The number of methoxy groups -OCH3 is 2. The van der Waals surface area contributed by atoms with Crippen LogP contribution in [-0.4, -0.2) is 45.9 Å². The maximum Gasteiger partial charge on any atom is 0.246 e. The fraction of sp³-hybridized carbons (Fsp3) is 0.409. The average Bonchev–Trinajstić information content (AvgIpc) is 2.79. The lowest BCUT2D eigenvalue weighted by molar-refractivity contribution is -0.126. The third-order valence-electron chi connectivity index (χ3n) is 5.53. The molecule has 1 N–H and O–H groups in total. The van der Waals surface area contributed by atoms with Gasteiger partial charge in [-0.15, -0.1) is 0 Å². The highest BCUT2D eigenvalue weighted by Crippen LogP contribution is 2.32. The molecule has 1 atom stereocenters. The molecule has 0 radical (unpaired) electrons. The van der Waals surface area contributed by atoms with E-state index in [2.05, 4.69) is 5.32 Å². The van der Waals surface area contributed by atoms with Gasteiger partial charge in [0.2, 0.25) is 15.9 Å². The number of hydrogen-bond acceptors (Lipinski definition) is 5. The van der Waals surface area contributed by atoms with Crippen LogP contribution in [0.1, 0.15) is 31.4 Å². The van der Waals surface area contributed by atoms with Crippen LogP contribution in [0.4, 0.5) is 0 Å². The van der Waals surface area contributed by atoms with E-state index in [1.807, 2.05) is 31.2 Å². The second-order valence-corrected chi connectivity index (χ2v) is 9.79. The summed E-state index contributed by atoms with van der Waals surface area (Å²) in [6.07, 6.45) is 0.874. The average molecular weight is 467 g/mol. The molecule has 1 aliphatic rings. The third kappa shape index (κ3) is 5.14. The first-order chi connectivity index (χ1) is 14.8. The van der Waals surface area contributed by atoms with Crippen molar-refractivity contribution in [2.45, 2.75) is 30.7 Å². The van der Waals surface area contributed by atoms with Crippen LogP contribution in [0, 0.1) is 5.92 Å². The molecule has 2 aromatic rings. The lowest BCUT2D eigenvalue weighted by Gasteiger charge is -2.31. The number of nitrogens with one attached hydrogen (secondary N) is 1. The highest BCUT2D eigenvalue weighted by molar-refractivity contribution is 7.89. The number of ether oxygens (including phenoxy) is 2. The zero-order chi connectivity index (χ0) is 22.6. The molecule has 1 fully saturated rings. The minimum atomic E-state index is -3.78. The van der Waals surface area contributed by atoms with Gasteiger partial charge in [-0.1, -0.05) is 29.8 Å². The van der Waals surface area contributed by atoms with E-state index in [-0.39, 0.29) is 41.6 Å². The number of hydrogen-bond donors (Lipinski definition) is 1. The van der Waals surface area contributed by atoms with E-state index in [9.17, 15) is 13.2 Å². The van der Waals surface area contributed by atoms with Gasteiger partial charge < -0.3 is 14.8 Å². The van der Waals surface area contributed by atoms with Crippen LogP contribution in [0.5, 0.6) is 11.5 Å². The molecule has 168 valence electrons. The number of sulfonamides is 1. The van der Waals surface area contributed by atoms with Crippen LogP contribution in [-0.2, 0) is 14.8 Å². The summed E-state index contributed by atoms with van der Waals surface area (Å²) in [6, 6.07) is 11.8. The first kappa shape index (κ1) is 23.4. The summed E-state index contributed by atoms with van der Waals surface area (Å²) in [4.78, 5) is 12.8. The van der Waals surface area contributed by atoms with Gasteiger partial charge in [0.05, 0.1) is 20.3 Å². The van der Waals surface area contributed by atoms with E-state index < -0.39 is 10.0 Å². The van der Waals surface area contributed by atoms with Gasteiger partial charge >= 0.3 is 0 Å². The van der Waals surface area contributed by atoms with Gasteiger partial charge in [-0.2, -0.15) is 4.31 Å². The number of carbonyl (C=O) groups is 1. The Kier molecular flexibility index (Phi) is 7.46. The summed E-state index contributed by atoms with van der Waals surface area (Å²) >= 11 is 6.00. The van der Waals surface area contributed by atoms with E-state index >= 15 is 0 Å². The van der Waals surface area contributed by atoms with Gasteiger partial charge in [-0.05, 0) is 44.0 Å². The zero-order valence-corrected chi connectivity index (χ0v) is 19.4. The molecule has 0 saturated carbocycles. The molecule has 0 unspecified atom stereocenters. The van der Waals surface area contributed by atoms with Gasteiger partial charge in [-0.3, -0.25) is 4.79 Å². The molecule has 2 aromatic carbocycles. The van der Waals surface area contributed by atoms with Crippen LogP contribution < -0.4 is 14.8 Å². The number of rotatable bonds is 7. The molecule has 1 saturated heterocycles. The molecule has 0 spiro atoms. The zero-order valence-electron chi connectivity index (χ0n) is 17.8. The minimum Gasteiger partial charge on any atom is -0.496 e. The molecular formula is C22H27ClN2O5S. The maximum absolute atomic E-state index is 13.1. The van der Waals surface area contributed by atoms with Gasteiger partial charge in [0.25, 0.3) is 0 Å². The highest BCUT2D eigenvalue weighted by atomic mass is 35.5. The summed E-state index contributed by atoms with van der Waals surface area (Å²) < 4.78 is 38.2. The molecule has 7 nitrogen and oxygen atoms in total. The van der Waals surface area contributed by atoms with E-state index in [0.29, 0.717) is 23.6 Å². The van der Waals surface area contributed by atoms with Crippen LogP contribution in [0.15, 0.2) is 47.4 Å². The number of para-hydroxylation sites is 1. The summed E-state index contributed by atoms with van der Waals surface area (Å²) in [6.45, 7) is 2.40. The van der Waals surface area contributed by atoms with Gasteiger partial charge in [0.1, 0.15) is 16.4 Å². The standard InChI is InChI=1S/C22H27ClN2O5S/c1-15(18-6-4-5-7-19(18)29-2)24-22(26)16-10-12-25(13-11-16)31(27,28)21-14-17(23)8-9-20(21)30-3/h4-9,14-16H,10-13H2,1-3H3,(H,24,26)/t15-/m0/s1. The third-order valence-corrected chi connectivity index (χ3v) is 7.69. The van der Waals surface area contributed by atoms with Gasteiger partial charge in [-0.25, -0.2) is 8.42 Å². The fourth-order valence-corrected chi connectivity index (χ4v) is 5.67.